The largest absolute Gasteiger partial charge is 0.469 e. The average molecular weight is 228 g/mol. The Balaban J connectivity index is 2.06. The van der Waals surface area contributed by atoms with Crippen LogP contribution in [0.2, 0.25) is 0 Å². The monoisotopic (exact) mass is 228 g/mol. The maximum atomic E-state index is 10.9. The lowest BCUT2D eigenvalue weighted by Gasteiger charge is -2.34. The highest BCUT2D eigenvalue weighted by Crippen LogP contribution is 2.04. The summed E-state index contributed by atoms with van der Waals surface area (Å²) in [6, 6.07) is 0. The molecule has 1 rings (SSSR count). The molecule has 0 bridgehead atoms. The van der Waals surface area contributed by atoms with Gasteiger partial charge in [0.05, 0.1) is 7.11 Å². The number of carbonyl (C=O) groups is 1. The zero-order chi connectivity index (χ0) is 11.8. The minimum Gasteiger partial charge on any atom is -0.469 e. The Morgan fingerprint density at radius 1 is 1.12 bits per heavy atom. The van der Waals surface area contributed by atoms with Crippen molar-refractivity contribution in [3.05, 3.63) is 0 Å². The van der Waals surface area contributed by atoms with E-state index in [1.54, 1.807) is 0 Å². The summed E-state index contributed by atoms with van der Waals surface area (Å²) in [5.74, 6) is -0.0929. The predicted octanol–water partition coefficient (Wildman–Crippen LogP) is 0.967. The van der Waals surface area contributed by atoms with Crippen LogP contribution in [-0.2, 0) is 9.53 Å². The number of ether oxygens (including phenoxy) is 1. The SMILES string of the molecule is CCCN1CCN(CCCC(=O)OC)CC1. The van der Waals surface area contributed by atoms with E-state index in [4.69, 9.17) is 0 Å². The number of esters is 1. The first-order valence-corrected chi connectivity index (χ1v) is 6.27. The third-order valence-corrected chi connectivity index (χ3v) is 3.09. The second-order valence-corrected chi connectivity index (χ2v) is 4.36. The van der Waals surface area contributed by atoms with Gasteiger partial charge in [0, 0.05) is 32.6 Å². The highest BCUT2D eigenvalue weighted by molar-refractivity contribution is 5.69. The molecule has 1 fully saturated rings. The van der Waals surface area contributed by atoms with Gasteiger partial charge in [0.25, 0.3) is 0 Å². The molecule has 0 aromatic rings. The Kier molecular flexibility index (Phi) is 6.42. The fourth-order valence-corrected chi connectivity index (χ4v) is 2.10. The first-order chi connectivity index (χ1) is 7.76. The summed E-state index contributed by atoms with van der Waals surface area (Å²) in [5, 5.41) is 0. The molecule has 4 nitrogen and oxygen atoms in total. The third kappa shape index (κ3) is 4.94. The number of carbonyl (C=O) groups excluding carboxylic acids is 1. The zero-order valence-electron chi connectivity index (χ0n) is 10.6. The van der Waals surface area contributed by atoms with Crippen molar-refractivity contribution in [2.24, 2.45) is 0 Å². The molecule has 94 valence electrons. The number of nitrogens with zero attached hydrogens (tertiary/aromatic N) is 2. The van der Waals surface area contributed by atoms with Gasteiger partial charge in [0.2, 0.25) is 0 Å². The van der Waals surface area contributed by atoms with Gasteiger partial charge in [-0.15, -0.1) is 0 Å². The van der Waals surface area contributed by atoms with Gasteiger partial charge < -0.3 is 14.5 Å². The van der Waals surface area contributed by atoms with Gasteiger partial charge in [-0.2, -0.15) is 0 Å². The van der Waals surface area contributed by atoms with E-state index in [-0.39, 0.29) is 5.97 Å². The first-order valence-electron chi connectivity index (χ1n) is 6.27. The highest BCUT2D eigenvalue weighted by Gasteiger charge is 2.15. The van der Waals surface area contributed by atoms with Crippen molar-refractivity contribution < 1.29 is 9.53 Å². The molecule has 0 spiro atoms. The normalized spacial score (nSPS) is 18.6. The summed E-state index contributed by atoms with van der Waals surface area (Å²) < 4.78 is 4.62. The van der Waals surface area contributed by atoms with E-state index in [0.29, 0.717) is 6.42 Å². The van der Waals surface area contributed by atoms with Crippen LogP contribution in [0.3, 0.4) is 0 Å². The van der Waals surface area contributed by atoms with Crippen molar-refractivity contribution in [2.45, 2.75) is 26.2 Å². The van der Waals surface area contributed by atoms with Crippen molar-refractivity contribution in [1.29, 1.82) is 0 Å². The Bertz CT molecular complexity index is 201. The molecule has 16 heavy (non-hydrogen) atoms. The van der Waals surface area contributed by atoms with E-state index in [1.165, 1.54) is 33.2 Å². The summed E-state index contributed by atoms with van der Waals surface area (Å²) in [5.41, 5.74) is 0. The second kappa shape index (κ2) is 7.63. The van der Waals surface area contributed by atoms with E-state index in [1.807, 2.05) is 0 Å². The van der Waals surface area contributed by atoms with Crippen LogP contribution in [0, 0.1) is 0 Å². The fourth-order valence-electron chi connectivity index (χ4n) is 2.10. The summed E-state index contributed by atoms with van der Waals surface area (Å²) in [7, 11) is 1.45. The lowest BCUT2D eigenvalue weighted by molar-refractivity contribution is -0.140. The molecular formula is C12H24N2O2. The van der Waals surface area contributed by atoms with E-state index in [0.717, 1.165) is 26.1 Å². The lowest BCUT2D eigenvalue weighted by Crippen LogP contribution is -2.46. The van der Waals surface area contributed by atoms with Crippen LogP contribution < -0.4 is 0 Å². The molecule has 0 radical (unpaired) electrons. The molecule has 0 aromatic carbocycles. The Morgan fingerprint density at radius 2 is 1.69 bits per heavy atom. The van der Waals surface area contributed by atoms with Crippen LogP contribution in [-0.4, -0.2) is 62.1 Å². The zero-order valence-corrected chi connectivity index (χ0v) is 10.6. The van der Waals surface area contributed by atoms with Crippen molar-refractivity contribution in [3.63, 3.8) is 0 Å². The second-order valence-electron chi connectivity index (χ2n) is 4.36. The minimum atomic E-state index is -0.0929. The molecule has 1 heterocycles. The van der Waals surface area contributed by atoms with Crippen molar-refractivity contribution in [3.8, 4) is 0 Å². The van der Waals surface area contributed by atoms with Crippen LogP contribution in [0.5, 0.6) is 0 Å². The van der Waals surface area contributed by atoms with Gasteiger partial charge in [-0.3, -0.25) is 4.79 Å². The Labute approximate surface area is 98.5 Å². The molecule has 0 aromatic heterocycles. The minimum absolute atomic E-state index is 0.0929. The third-order valence-electron chi connectivity index (χ3n) is 3.09. The predicted molar refractivity (Wildman–Crippen MR) is 64.4 cm³/mol. The van der Waals surface area contributed by atoms with Gasteiger partial charge >= 0.3 is 5.97 Å². The Morgan fingerprint density at radius 3 is 2.19 bits per heavy atom. The van der Waals surface area contributed by atoms with Crippen LogP contribution in [0.1, 0.15) is 26.2 Å². The number of piperazine rings is 1. The van der Waals surface area contributed by atoms with Gasteiger partial charge in [0.15, 0.2) is 0 Å². The number of methoxy groups -OCH3 is 1. The van der Waals surface area contributed by atoms with Gasteiger partial charge in [0.1, 0.15) is 0 Å². The molecule has 0 unspecified atom stereocenters. The fraction of sp³-hybridized carbons (Fsp3) is 0.917. The molecule has 0 atom stereocenters. The molecule has 0 aliphatic carbocycles. The summed E-state index contributed by atoms with van der Waals surface area (Å²) in [4.78, 5) is 15.9. The summed E-state index contributed by atoms with van der Waals surface area (Å²) >= 11 is 0. The lowest BCUT2D eigenvalue weighted by atomic mass is 10.2. The summed E-state index contributed by atoms with van der Waals surface area (Å²) in [6.07, 6.45) is 2.70. The maximum absolute atomic E-state index is 10.9. The summed E-state index contributed by atoms with van der Waals surface area (Å²) in [6.45, 7) is 9.09. The van der Waals surface area contributed by atoms with Crippen LogP contribution in [0.25, 0.3) is 0 Å². The first kappa shape index (κ1) is 13.5. The Hall–Kier alpha value is -0.610. The molecule has 1 aliphatic rings. The molecule has 1 aliphatic heterocycles. The molecule has 4 heteroatoms. The van der Waals surface area contributed by atoms with E-state index in [2.05, 4.69) is 21.5 Å². The van der Waals surface area contributed by atoms with Gasteiger partial charge in [-0.05, 0) is 25.9 Å². The molecule has 1 saturated heterocycles. The topological polar surface area (TPSA) is 32.8 Å². The van der Waals surface area contributed by atoms with E-state index >= 15 is 0 Å². The van der Waals surface area contributed by atoms with E-state index in [9.17, 15) is 4.79 Å². The standard InChI is InChI=1S/C12H24N2O2/c1-3-6-13-8-10-14(11-9-13)7-4-5-12(15)16-2/h3-11H2,1-2H3. The quantitative estimate of drug-likeness (QED) is 0.634. The maximum Gasteiger partial charge on any atom is 0.305 e. The highest BCUT2D eigenvalue weighted by atomic mass is 16.5. The number of hydrogen-bond donors (Lipinski definition) is 0. The van der Waals surface area contributed by atoms with Crippen LogP contribution in [0.4, 0.5) is 0 Å². The van der Waals surface area contributed by atoms with Gasteiger partial charge in [-0.25, -0.2) is 0 Å². The van der Waals surface area contributed by atoms with Crippen molar-refractivity contribution in [1.82, 2.24) is 9.80 Å². The van der Waals surface area contributed by atoms with Gasteiger partial charge in [-0.1, -0.05) is 6.92 Å². The smallest absolute Gasteiger partial charge is 0.305 e. The molecule has 0 amide bonds. The number of hydrogen-bond acceptors (Lipinski definition) is 4. The molecule has 0 saturated carbocycles. The van der Waals surface area contributed by atoms with Crippen LogP contribution >= 0.6 is 0 Å². The van der Waals surface area contributed by atoms with Crippen molar-refractivity contribution in [2.75, 3.05) is 46.4 Å². The van der Waals surface area contributed by atoms with Crippen molar-refractivity contribution >= 4 is 5.97 Å². The number of rotatable bonds is 6. The van der Waals surface area contributed by atoms with Crippen LogP contribution in [0.15, 0.2) is 0 Å². The molecule has 0 N–H and O–H groups in total. The van der Waals surface area contributed by atoms with E-state index < -0.39 is 0 Å². The average Bonchev–Trinajstić information content (AvgIpc) is 2.31. The molecular weight excluding hydrogens is 204 g/mol.